The van der Waals surface area contributed by atoms with Gasteiger partial charge >= 0.3 is 0 Å². The zero-order valence-corrected chi connectivity index (χ0v) is 17.4. The Hall–Kier alpha value is -2.49. The summed E-state index contributed by atoms with van der Waals surface area (Å²) in [6, 6.07) is 15.9. The van der Waals surface area contributed by atoms with Crippen molar-refractivity contribution in [2.24, 2.45) is 5.92 Å². The molecule has 1 aliphatic rings. The number of carbonyl (C=O) groups excluding carboxylic acids is 1. The first-order valence-corrected chi connectivity index (χ1v) is 10.4. The van der Waals surface area contributed by atoms with Crippen molar-refractivity contribution in [1.29, 1.82) is 0 Å². The average molecular weight is 381 g/mol. The molecule has 0 bridgehead atoms. The number of amides is 1. The summed E-state index contributed by atoms with van der Waals surface area (Å²) >= 11 is 0. The van der Waals surface area contributed by atoms with Crippen LogP contribution in [0.3, 0.4) is 0 Å². The monoisotopic (exact) mass is 380 g/mol. The normalized spacial score (nSPS) is 18.0. The van der Waals surface area contributed by atoms with E-state index < -0.39 is 0 Å². The molecule has 2 unspecified atom stereocenters. The highest BCUT2D eigenvalue weighted by atomic mass is 16.5. The van der Waals surface area contributed by atoms with Gasteiger partial charge in [0.2, 0.25) is 0 Å². The third-order valence-electron chi connectivity index (χ3n) is 5.26. The third kappa shape index (κ3) is 5.06. The Balaban J connectivity index is 1.66. The van der Waals surface area contributed by atoms with Gasteiger partial charge in [-0.15, -0.1) is 0 Å². The summed E-state index contributed by atoms with van der Waals surface area (Å²) in [7, 11) is 0. The fraction of sp³-hybridized carbons (Fsp3) is 0.458. The van der Waals surface area contributed by atoms with Crippen LogP contribution in [-0.4, -0.2) is 25.1 Å². The quantitative estimate of drug-likeness (QED) is 0.749. The highest BCUT2D eigenvalue weighted by Gasteiger charge is 2.18. The SMILES string of the molecule is CC1CCCN(c2ccc(C(C)NC(=O)c3ccccc3OC(C)C)cc2)C1. The molecule has 1 saturated heterocycles. The number of ether oxygens (including phenoxy) is 1. The number of hydrogen-bond donors (Lipinski definition) is 1. The zero-order valence-electron chi connectivity index (χ0n) is 17.4. The van der Waals surface area contributed by atoms with E-state index in [0.29, 0.717) is 11.3 Å². The average Bonchev–Trinajstić information content (AvgIpc) is 2.68. The smallest absolute Gasteiger partial charge is 0.255 e. The summed E-state index contributed by atoms with van der Waals surface area (Å²) in [6.07, 6.45) is 2.60. The lowest BCUT2D eigenvalue weighted by Crippen LogP contribution is -2.34. The first-order valence-electron chi connectivity index (χ1n) is 10.4. The van der Waals surface area contributed by atoms with Gasteiger partial charge in [0.05, 0.1) is 17.7 Å². The number of piperidine rings is 1. The third-order valence-corrected chi connectivity index (χ3v) is 5.26. The van der Waals surface area contributed by atoms with Crippen molar-refractivity contribution >= 4 is 11.6 Å². The van der Waals surface area contributed by atoms with Gasteiger partial charge in [-0.25, -0.2) is 0 Å². The van der Waals surface area contributed by atoms with E-state index in [4.69, 9.17) is 4.74 Å². The molecule has 4 nitrogen and oxygen atoms in total. The van der Waals surface area contributed by atoms with E-state index in [1.807, 2.05) is 39.0 Å². The van der Waals surface area contributed by atoms with Crippen LogP contribution in [0.2, 0.25) is 0 Å². The van der Waals surface area contributed by atoms with Crippen LogP contribution in [0.15, 0.2) is 48.5 Å². The van der Waals surface area contributed by atoms with Crippen molar-refractivity contribution in [2.75, 3.05) is 18.0 Å². The standard InChI is InChI=1S/C24H32N2O2/c1-17(2)28-23-10-6-5-9-22(23)24(27)25-19(4)20-11-13-21(14-12-20)26-15-7-8-18(3)16-26/h5-6,9-14,17-19H,7-8,15-16H2,1-4H3,(H,25,27). The number of nitrogens with one attached hydrogen (secondary N) is 1. The van der Waals surface area contributed by atoms with Crippen molar-refractivity contribution in [2.45, 2.75) is 52.7 Å². The number of rotatable bonds is 6. The maximum Gasteiger partial charge on any atom is 0.255 e. The van der Waals surface area contributed by atoms with Gasteiger partial charge in [-0.3, -0.25) is 4.79 Å². The summed E-state index contributed by atoms with van der Waals surface area (Å²) in [5, 5.41) is 3.10. The fourth-order valence-electron chi connectivity index (χ4n) is 3.77. The molecule has 150 valence electrons. The molecular weight excluding hydrogens is 348 g/mol. The van der Waals surface area contributed by atoms with E-state index in [1.165, 1.54) is 18.5 Å². The largest absolute Gasteiger partial charge is 0.490 e. The van der Waals surface area contributed by atoms with E-state index in [0.717, 1.165) is 24.6 Å². The number of carbonyl (C=O) groups is 1. The van der Waals surface area contributed by atoms with E-state index in [2.05, 4.69) is 41.4 Å². The fourth-order valence-corrected chi connectivity index (χ4v) is 3.77. The van der Waals surface area contributed by atoms with Crippen LogP contribution in [0.4, 0.5) is 5.69 Å². The summed E-state index contributed by atoms with van der Waals surface area (Å²) in [6.45, 7) is 10.5. The van der Waals surface area contributed by atoms with E-state index in [9.17, 15) is 4.79 Å². The molecule has 1 aliphatic heterocycles. The lowest BCUT2D eigenvalue weighted by Gasteiger charge is -2.33. The Morgan fingerprint density at radius 3 is 2.50 bits per heavy atom. The van der Waals surface area contributed by atoms with Crippen molar-refractivity contribution in [3.8, 4) is 5.75 Å². The first kappa shape index (κ1) is 20.2. The summed E-state index contributed by atoms with van der Waals surface area (Å²) in [5.41, 5.74) is 2.94. The highest BCUT2D eigenvalue weighted by Crippen LogP contribution is 2.25. The number of hydrogen-bond acceptors (Lipinski definition) is 3. The molecule has 1 N–H and O–H groups in total. The molecule has 0 aliphatic carbocycles. The van der Waals surface area contributed by atoms with Crippen LogP contribution in [-0.2, 0) is 0 Å². The van der Waals surface area contributed by atoms with Gasteiger partial charge in [-0.1, -0.05) is 31.2 Å². The summed E-state index contributed by atoms with van der Waals surface area (Å²) in [5.74, 6) is 1.26. The molecule has 0 spiro atoms. The van der Waals surface area contributed by atoms with E-state index in [1.54, 1.807) is 6.07 Å². The van der Waals surface area contributed by atoms with Gasteiger partial charge in [0, 0.05) is 18.8 Å². The number of benzene rings is 2. The molecule has 1 amide bonds. The first-order chi connectivity index (χ1) is 13.4. The zero-order chi connectivity index (χ0) is 20.1. The Morgan fingerprint density at radius 1 is 1.11 bits per heavy atom. The molecule has 0 saturated carbocycles. The van der Waals surface area contributed by atoms with Crippen molar-refractivity contribution in [1.82, 2.24) is 5.32 Å². The minimum atomic E-state index is -0.113. The molecule has 3 rings (SSSR count). The molecule has 4 heteroatoms. The van der Waals surface area contributed by atoms with Crippen LogP contribution >= 0.6 is 0 Å². The van der Waals surface area contributed by atoms with Gasteiger partial charge in [0.1, 0.15) is 5.75 Å². The number of para-hydroxylation sites is 1. The van der Waals surface area contributed by atoms with Gasteiger partial charge in [-0.05, 0) is 69.4 Å². The second kappa shape index (κ2) is 9.13. The summed E-state index contributed by atoms with van der Waals surface area (Å²) in [4.78, 5) is 15.2. The van der Waals surface area contributed by atoms with Gasteiger partial charge in [0.15, 0.2) is 0 Å². The Labute approximate surface area is 168 Å². The predicted octanol–water partition coefficient (Wildman–Crippen LogP) is 5.20. The van der Waals surface area contributed by atoms with E-state index in [-0.39, 0.29) is 18.1 Å². The van der Waals surface area contributed by atoms with Crippen molar-refractivity contribution < 1.29 is 9.53 Å². The molecule has 1 heterocycles. The lowest BCUT2D eigenvalue weighted by molar-refractivity contribution is 0.0934. The second-order valence-corrected chi connectivity index (χ2v) is 8.14. The minimum absolute atomic E-state index is 0.0245. The maximum atomic E-state index is 12.8. The van der Waals surface area contributed by atoms with Crippen LogP contribution in [0, 0.1) is 5.92 Å². The highest BCUT2D eigenvalue weighted by molar-refractivity contribution is 5.97. The Morgan fingerprint density at radius 2 is 1.82 bits per heavy atom. The second-order valence-electron chi connectivity index (χ2n) is 8.14. The van der Waals surface area contributed by atoms with Crippen molar-refractivity contribution in [3.05, 3.63) is 59.7 Å². The Bertz CT molecular complexity index is 785. The number of nitrogens with zero attached hydrogens (tertiary/aromatic N) is 1. The maximum absolute atomic E-state index is 12.8. The molecule has 2 aromatic carbocycles. The van der Waals surface area contributed by atoms with Crippen LogP contribution < -0.4 is 15.0 Å². The lowest BCUT2D eigenvalue weighted by atomic mass is 9.99. The topological polar surface area (TPSA) is 41.6 Å². The summed E-state index contributed by atoms with van der Waals surface area (Å²) < 4.78 is 5.78. The van der Waals surface area contributed by atoms with Gasteiger partial charge in [0.25, 0.3) is 5.91 Å². The molecular formula is C24H32N2O2. The molecule has 2 aromatic rings. The van der Waals surface area contributed by atoms with E-state index >= 15 is 0 Å². The van der Waals surface area contributed by atoms with Crippen LogP contribution in [0.25, 0.3) is 0 Å². The van der Waals surface area contributed by atoms with Gasteiger partial charge in [-0.2, -0.15) is 0 Å². The minimum Gasteiger partial charge on any atom is -0.490 e. The molecule has 2 atom stereocenters. The number of anilines is 1. The Kier molecular flexibility index (Phi) is 6.61. The molecule has 0 aromatic heterocycles. The molecule has 28 heavy (non-hydrogen) atoms. The predicted molar refractivity (Wildman–Crippen MR) is 115 cm³/mol. The molecule has 0 radical (unpaired) electrons. The van der Waals surface area contributed by atoms with Crippen LogP contribution in [0.1, 0.15) is 62.5 Å². The van der Waals surface area contributed by atoms with Gasteiger partial charge < -0.3 is 15.0 Å². The van der Waals surface area contributed by atoms with Crippen molar-refractivity contribution in [3.63, 3.8) is 0 Å². The molecule has 1 fully saturated rings. The van der Waals surface area contributed by atoms with Crippen LogP contribution in [0.5, 0.6) is 5.75 Å².